The lowest BCUT2D eigenvalue weighted by atomic mass is 10.1. The van der Waals surface area contributed by atoms with E-state index in [-0.39, 0.29) is 11.8 Å². The van der Waals surface area contributed by atoms with E-state index in [9.17, 15) is 8.42 Å². The molecule has 0 bridgehead atoms. The Kier molecular flexibility index (Phi) is 4.43. The van der Waals surface area contributed by atoms with Crippen molar-refractivity contribution in [3.63, 3.8) is 0 Å². The van der Waals surface area contributed by atoms with Crippen LogP contribution < -0.4 is 4.74 Å². The SMILES string of the molecule is COc1cccc(CS(=O)(=O)N2CC3CCCN3CC2C)c1. The zero-order chi connectivity index (χ0) is 15.7. The smallest absolute Gasteiger partial charge is 0.218 e. The van der Waals surface area contributed by atoms with Crippen LogP contribution in [0.15, 0.2) is 24.3 Å². The van der Waals surface area contributed by atoms with Crippen LogP contribution in [0, 0.1) is 0 Å². The summed E-state index contributed by atoms with van der Waals surface area (Å²) < 4.78 is 32.5. The summed E-state index contributed by atoms with van der Waals surface area (Å²) in [6.45, 7) is 4.60. The zero-order valence-corrected chi connectivity index (χ0v) is 14.1. The molecule has 2 atom stereocenters. The number of fused-ring (bicyclic) bond motifs is 1. The van der Waals surface area contributed by atoms with E-state index in [0.717, 1.165) is 25.1 Å². The van der Waals surface area contributed by atoms with Crippen LogP contribution in [0.4, 0.5) is 0 Å². The van der Waals surface area contributed by atoms with Crippen molar-refractivity contribution in [3.05, 3.63) is 29.8 Å². The van der Waals surface area contributed by atoms with Crippen molar-refractivity contribution in [1.29, 1.82) is 0 Å². The van der Waals surface area contributed by atoms with E-state index in [1.54, 1.807) is 17.5 Å². The Morgan fingerprint density at radius 2 is 2.14 bits per heavy atom. The maximum absolute atomic E-state index is 12.8. The maximum atomic E-state index is 12.8. The van der Waals surface area contributed by atoms with E-state index in [0.29, 0.717) is 18.3 Å². The second kappa shape index (κ2) is 6.18. The number of hydrogen-bond acceptors (Lipinski definition) is 4. The molecule has 2 fully saturated rings. The highest BCUT2D eigenvalue weighted by Gasteiger charge is 2.39. The summed E-state index contributed by atoms with van der Waals surface area (Å²) in [5, 5.41) is 0. The molecule has 22 heavy (non-hydrogen) atoms. The average Bonchev–Trinajstić information content (AvgIpc) is 2.93. The minimum Gasteiger partial charge on any atom is -0.497 e. The third-order valence-electron chi connectivity index (χ3n) is 4.72. The van der Waals surface area contributed by atoms with Crippen LogP contribution in [0.5, 0.6) is 5.75 Å². The van der Waals surface area contributed by atoms with Gasteiger partial charge in [0.05, 0.1) is 12.9 Å². The first-order chi connectivity index (χ1) is 10.5. The Balaban J connectivity index is 1.76. The topological polar surface area (TPSA) is 49.9 Å². The molecule has 2 aliphatic heterocycles. The lowest BCUT2D eigenvalue weighted by molar-refractivity contribution is 0.117. The van der Waals surface area contributed by atoms with Crippen molar-refractivity contribution in [2.75, 3.05) is 26.7 Å². The molecule has 0 aliphatic carbocycles. The van der Waals surface area contributed by atoms with E-state index >= 15 is 0 Å². The number of methoxy groups -OCH3 is 1. The second-order valence-corrected chi connectivity index (χ2v) is 8.24. The number of rotatable bonds is 4. The van der Waals surface area contributed by atoms with Gasteiger partial charge in [-0.15, -0.1) is 0 Å². The van der Waals surface area contributed by atoms with E-state index < -0.39 is 10.0 Å². The number of piperazine rings is 1. The highest BCUT2D eigenvalue weighted by Crippen LogP contribution is 2.27. The van der Waals surface area contributed by atoms with Gasteiger partial charge in [-0.05, 0) is 44.0 Å². The van der Waals surface area contributed by atoms with Gasteiger partial charge in [-0.2, -0.15) is 4.31 Å². The fraction of sp³-hybridized carbons (Fsp3) is 0.625. The number of hydrogen-bond donors (Lipinski definition) is 0. The first kappa shape index (κ1) is 15.8. The molecule has 0 spiro atoms. The van der Waals surface area contributed by atoms with Crippen LogP contribution in [0.1, 0.15) is 25.3 Å². The van der Waals surface area contributed by atoms with Crippen molar-refractivity contribution in [2.45, 2.75) is 37.6 Å². The van der Waals surface area contributed by atoms with Gasteiger partial charge in [0.2, 0.25) is 10.0 Å². The fourth-order valence-corrected chi connectivity index (χ4v) is 5.38. The Morgan fingerprint density at radius 3 is 2.91 bits per heavy atom. The zero-order valence-electron chi connectivity index (χ0n) is 13.2. The van der Waals surface area contributed by atoms with Gasteiger partial charge >= 0.3 is 0 Å². The van der Waals surface area contributed by atoms with Crippen molar-refractivity contribution in [3.8, 4) is 5.75 Å². The quantitative estimate of drug-likeness (QED) is 0.846. The maximum Gasteiger partial charge on any atom is 0.218 e. The van der Waals surface area contributed by atoms with Gasteiger partial charge in [0.1, 0.15) is 5.75 Å². The standard InChI is InChI=1S/C16H24N2O3S/c1-13-10-17-8-4-6-15(17)11-18(13)22(19,20)12-14-5-3-7-16(9-14)21-2/h3,5,7,9,13,15H,4,6,8,10-12H2,1-2H3. The van der Waals surface area contributed by atoms with E-state index in [4.69, 9.17) is 4.74 Å². The molecule has 0 N–H and O–H groups in total. The van der Waals surface area contributed by atoms with E-state index in [2.05, 4.69) is 4.90 Å². The normalized spacial score (nSPS) is 26.8. The van der Waals surface area contributed by atoms with Crippen molar-refractivity contribution < 1.29 is 13.2 Å². The van der Waals surface area contributed by atoms with Crippen LogP contribution in [-0.4, -0.2) is 56.5 Å². The summed E-state index contributed by atoms with van der Waals surface area (Å²) in [6, 6.07) is 7.75. The first-order valence-electron chi connectivity index (χ1n) is 7.86. The number of sulfonamides is 1. The van der Waals surface area contributed by atoms with E-state index in [1.807, 2.05) is 25.1 Å². The predicted molar refractivity (Wildman–Crippen MR) is 86.4 cm³/mol. The molecule has 122 valence electrons. The van der Waals surface area contributed by atoms with Gasteiger partial charge in [0.15, 0.2) is 0 Å². The van der Waals surface area contributed by atoms with Crippen LogP contribution in [0.3, 0.4) is 0 Å². The molecule has 2 saturated heterocycles. The lowest BCUT2D eigenvalue weighted by Crippen LogP contribution is -2.56. The van der Waals surface area contributed by atoms with Gasteiger partial charge < -0.3 is 4.74 Å². The molecule has 0 amide bonds. The van der Waals surface area contributed by atoms with Crippen LogP contribution in [0.25, 0.3) is 0 Å². The summed E-state index contributed by atoms with van der Waals surface area (Å²) in [5.41, 5.74) is 0.778. The molecule has 0 aromatic heterocycles. The van der Waals surface area contributed by atoms with Crippen LogP contribution >= 0.6 is 0 Å². The molecule has 2 aliphatic rings. The molecule has 5 nitrogen and oxygen atoms in total. The van der Waals surface area contributed by atoms with Gasteiger partial charge in [-0.3, -0.25) is 4.90 Å². The molecule has 0 saturated carbocycles. The van der Waals surface area contributed by atoms with Crippen molar-refractivity contribution in [1.82, 2.24) is 9.21 Å². The third kappa shape index (κ3) is 3.14. The molecule has 1 aromatic carbocycles. The van der Waals surface area contributed by atoms with Gasteiger partial charge in [0, 0.05) is 25.2 Å². The molecular weight excluding hydrogens is 300 g/mol. The van der Waals surface area contributed by atoms with Crippen LogP contribution in [0.2, 0.25) is 0 Å². The Labute approximate surface area is 132 Å². The predicted octanol–water partition coefficient (Wildman–Crippen LogP) is 1.69. The molecule has 6 heteroatoms. The minimum absolute atomic E-state index is 0.0429. The third-order valence-corrected chi connectivity index (χ3v) is 6.64. The minimum atomic E-state index is -3.30. The monoisotopic (exact) mass is 324 g/mol. The van der Waals surface area contributed by atoms with Gasteiger partial charge in [0.25, 0.3) is 0 Å². The molecular formula is C16H24N2O3S. The highest BCUT2D eigenvalue weighted by molar-refractivity contribution is 7.88. The summed E-state index contributed by atoms with van der Waals surface area (Å²) >= 11 is 0. The Morgan fingerprint density at radius 1 is 1.32 bits per heavy atom. The van der Waals surface area contributed by atoms with Gasteiger partial charge in [-0.1, -0.05) is 12.1 Å². The van der Waals surface area contributed by atoms with Crippen molar-refractivity contribution >= 4 is 10.0 Å². The largest absolute Gasteiger partial charge is 0.497 e. The first-order valence-corrected chi connectivity index (χ1v) is 9.47. The van der Waals surface area contributed by atoms with Crippen molar-refractivity contribution in [2.24, 2.45) is 0 Å². The summed E-state index contributed by atoms with van der Waals surface area (Å²) in [5.74, 6) is 0.739. The number of benzene rings is 1. The highest BCUT2D eigenvalue weighted by atomic mass is 32.2. The Bertz CT molecular complexity index is 632. The molecule has 2 unspecified atom stereocenters. The van der Waals surface area contributed by atoms with Crippen LogP contribution in [-0.2, 0) is 15.8 Å². The second-order valence-electron chi connectivity index (χ2n) is 6.32. The molecule has 0 radical (unpaired) electrons. The molecule has 1 aromatic rings. The summed E-state index contributed by atoms with van der Waals surface area (Å²) in [6.07, 6.45) is 2.29. The summed E-state index contributed by atoms with van der Waals surface area (Å²) in [7, 11) is -1.71. The molecule has 2 heterocycles. The average molecular weight is 324 g/mol. The lowest BCUT2D eigenvalue weighted by Gasteiger charge is -2.41. The fourth-order valence-electron chi connectivity index (χ4n) is 3.60. The van der Waals surface area contributed by atoms with Gasteiger partial charge in [-0.25, -0.2) is 8.42 Å². The van der Waals surface area contributed by atoms with E-state index in [1.165, 1.54) is 6.42 Å². The number of nitrogens with zero attached hydrogens (tertiary/aromatic N) is 2. The summed E-state index contributed by atoms with van der Waals surface area (Å²) in [4.78, 5) is 2.43. The number of ether oxygens (including phenoxy) is 1. The molecule has 3 rings (SSSR count). The Hall–Kier alpha value is -1.11.